The molecule has 1 heterocycles. The van der Waals surface area contributed by atoms with Gasteiger partial charge < -0.3 is 10.6 Å². The average molecular weight is 232 g/mol. The van der Waals surface area contributed by atoms with Crippen LogP contribution >= 0.6 is 0 Å². The van der Waals surface area contributed by atoms with Crippen LogP contribution in [0.15, 0.2) is 18.2 Å². The van der Waals surface area contributed by atoms with Crippen molar-refractivity contribution in [1.29, 1.82) is 0 Å². The van der Waals surface area contributed by atoms with Gasteiger partial charge in [-0.2, -0.15) is 0 Å². The molecule has 0 saturated carbocycles. The van der Waals surface area contributed by atoms with Gasteiger partial charge in [-0.1, -0.05) is 19.1 Å². The Morgan fingerprint density at radius 3 is 2.94 bits per heavy atom. The largest absolute Gasteiger partial charge is 0.382 e. The molecule has 2 N–H and O–H groups in total. The lowest BCUT2D eigenvalue weighted by atomic mass is 9.91. The van der Waals surface area contributed by atoms with Gasteiger partial charge in [-0.3, -0.25) is 4.79 Å². The van der Waals surface area contributed by atoms with Gasteiger partial charge in [0.15, 0.2) is 0 Å². The summed E-state index contributed by atoms with van der Waals surface area (Å²) in [6.45, 7) is 5.87. The summed E-state index contributed by atoms with van der Waals surface area (Å²) in [5.74, 6) is 0.0388. The summed E-state index contributed by atoms with van der Waals surface area (Å²) < 4.78 is 0. The van der Waals surface area contributed by atoms with Crippen LogP contribution in [0.3, 0.4) is 0 Å². The fourth-order valence-electron chi connectivity index (χ4n) is 2.44. The van der Waals surface area contributed by atoms with E-state index >= 15 is 0 Å². The lowest BCUT2D eigenvalue weighted by Gasteiger charge is -2.32. The van der Waals surface area contributed by atoms with Gasteiger partial charge in [-0.15, -0.1) is 0 Å². The van der Waals surface area contributed by atoms with Crippen LogP contribution in [0.2, 0.25) is 0 Å². The Kier molecular flexibility index (Phi) is 3.36. The second-order valence-corrected chi connectivity index (χ2v) is 4.81. The highest BCUT2D eigenvalue weighted by Crippen LogP contribution is 2.33. The monoisotopic (exact) mass is 232 g/mol. The second kappa shape index (κ2) is 4.78. The van der Waals surface area contributed by atoms with Gasteiger partial charge in [0.25, 0.3) is 0 Å². The first-order chi connectivity index (χ1) is 8.10. The number of hydrogen-bond donors (Lipinski definition) is 2. The molecule has 3 nitrogen and oxygen atoms in total. The average Bonchev–Trinajstić information content (AvgIpc) is 2.27. The minimum absolute atomic E-state index is 0.0388. The number of rotatable bonds is 2. The number of aryl methyl sites for hydroxylation is 1. The summed E-state index contributed by atoms with van der Waals surface area (Å²) in [5, 5.41) is 6.50. The lowest BCUT2D eigenvalue weighted by Crippen LogP contribution is -2.35. The summed E-state index contributed by atoms with van der Waals surface area (Å²) in [6, 6.07) is 7.01. The van der Waals surface area contributed by atoms with E-state index in [1.54, 1.807) is 6.92 Å². The summed E-state index contributed by atoms with van der Waals surface area (Å²) in [7, 11) is 0. The molecule has 1 aliphatic rings. The molecule has 2 atom stereocenters. The zero-order valence-electron chi connectivity index (χ0n) is 10.7. The standard InChI is InChI=1S/C14H20N2O/c1-4-11-5-6-13-12(8-11)14(16-10(3)17)7-9(2)15-13/h5-6,8-9,14-15H,4,7H2,1-3H3,(H,16,17)/t9-,14+/m1/s1. The fraction of sp³-hybridized carbons (Fsp3) is 0.500. The highest BCUT2D eigenvalue weighted by Gasteiger charge is 2.24. The molecule has 2 rings (SSSR count). The van der Waals surface area contributed by atoms with Crippen LogP contribution in [0.25, 0.3) is 0 Å². The van der Waals surface area contributed by atoms with Gasteiger partial charge in [0.2, 0.25) is 5.91 Å². The molecule has 92 valence electrons. The molecule has 0 radical (unpaired) electrons. The van der Waals surface area contributed by atoms with Gasteiger partial charge in [0, 0.05) is 18.7 Å². The molecule has 0 unspecified atom stereocenters. The van der Waals surface area contributed by atoms with Crippen molar-refractivity contribution >= 4 is 11.6 Å². The number of nitrogens with one attached hydrogen (secondary N) is 2. The first-order valence-corrected chi connectivity index (χ1v) is 6.26. The molecular weight excluding hydrogens is 212 g/mol. The zero-order chi connectivity index (χ0) is 12.4. The van der Waals surface area contributed by atoms with Gasteiger partial charge in [-0.25, -0.2) is 0 Å². The maximum Gasteiger partial charge on any atom is 0.217 e. The molecule has 0 saturated heterocycles. The van der Waals surface area contributed by atoms with E-state index in [2.05, 4.69) is 42.7 Å². The van der Waals surface area contributed by atoms with Crippen molar-refractivity contribution in [2.24, 2.45) is 0 Å². The minimum atomic E-state index is 0.0388. The molecular formula is C14H20N2O. The van der Waals surface area contributed by atoms with E-state index in [0.29, 0.717) is 6.04 Å². The number of anilines is 1. The van der Waals surface area contributed by atoms with Crippen LogP contribution in [-0.4, -0.2) is 11.9 Å². The van der Waals surface area contributed by atoms with Crippen molar-refractivity contribution in [1.82, 2.24) is 5.32 Å². The van der Waals surface area contributed by atoms with Crippen molar-refractivity contribution in [2.45, 2.75) is 45.7 Å². The van der Waals surface area contributed by atoms with E-state index in [4.69, 9.17) is 0 Å². The number of hydrogen-bond acceptors (Lipinski definition) is 2. The van der Waals surface area contributed by atoms with Crippen molar-refractivity contribution in [3.63, 3.8) is 0 Å². The predicted octanol–water partition coefficient (Wildman–Crippen LogP) is 2.63. The highest BCUT2D eigenvalue weighted by molar-refractivity contribution is 5.74. The van der Waals surface area contributed by atoms with Gasteiger partial charge in [-0.05, 0) is 37.0 Å². The Hall–Kier alpha value is -1.51. The van der Waals surface area contributed by atoms with E-state index in [-0.39, 0.29) is 11.9 Å². The van der Waals surface area contributed by atoms with E-state index in [1.165, 1.54) is 11.1 Å². The number of carbonyl (C=O) groups is 1. The molecule has 3 heteroatoms. The quantitative estimate of drug-likeness (QED) is 0.823. The Balaban J connectivity index is 2.35. The van der Waals surface area contributed by atoms with Gasteiger partial charge in [0.1, 0.15) is 0 Å². The molecule has 0 fully saturated rings. The maximum atomic E-state index is 11.3. The zero-order valence-corrected chi connectivity index (χ0v) is 10.7. The first-order valence-electron chi connectivity index (χ1n) is 6.26. The smallest absolute Gasteiger partial charge is 0.217 e. The van der Waals surface area contributed by atoms with Crippen molar-refractivity contribution in [3.05, 3.63) is 29.3 Å². The molecule has 1 aliphatic heterocycles. The topological polar surface area (TPSA) is 41.1 Å². The lowest BCUT2D eigenvalue weighted by molar-refractivity contribution is -0.119. The molecule has 1 amide bonds. The van der Waals surface area contributed by atoms with Crippen LogP contribution in [0.4, 0.5) is 5.69 Å². The molecule has 17 heavy (non-hydrogen) atoms. The van der Waals surface area contributed by atoms with Crippen LogP contribution in [0, 0.1) is 0 Å². The van der Waals surface area contributed by atoms with Gasteiger partial charge >= 0.3 is 0 Å². The van der Waals surface area contributed by atoms with E-state index < -0.39 is 0 Å². The summed E-state index contributed by atoms with van der Waals surface area (Å²) in [4.78, 5) is 11.3. The van der Waals surface area contributed by atoms with Crippen LogP contribution < -0.4 is 10.6 Å². The minimum Gasteiger partial charge on any atom is -0.382 e. The van der Waals surface area contributed by atoms with E-state index in [9.17, 15) is 4.79 Å². The van der Waals surface area contributed by atoms with Crippen LogP contribution in [-0.2, 0) is 11.2 Å². The highest BCUT2D eigenvalue weighted by atomic mass is 16.1. The molecule has 0 bridgehead atoms. The maximum absolute atomic E-state index is 11.3. The normalized spacial score (nSPS) is 22.5. The Morgan fingerprint density at radius 1 is 1.53 bits per heavy atom. The third-order valence-corrected chi connectivity index (χ3v) is 3.27. The molecule has 0 aromatic heterocycles. The Bertz CT molecular complexity index is 428. The fourth-order valence-corrected chi connectivity index (χ4v) is 2.44. The third-order valence-electron chi connectivity index (χ3n) is 3.27. The van der Waals surface area contributed by atoms with Crippen LogP contribution in [0.1, 0.15) is 44.4 Å². The number of amides is 1. The number of benzene rings is 1. The van der Waals surface area contributed by atoms with Crippen molar-refractivity contribution in [3.8, 4) is 0 Å². The predicted molar refractivity (Wildman–Crippen MR) is 70.1 cm³/mol. The van der Waals surface area contributed by atoms with Crippen LogP contribution in [0.5, 0.6) is 0 Å². The third kappa shape index (κ3) is 2.60. The number of carbonyl (C=O) groups excluding carboxylic acids is 1. The second-order valence-electron chi connectivity index (χ2n) is 4.81. The van der Waals surface area contributed by atoms with E-state index in [1.807, 2.05) is 0 Å². The molecule has 0 aliphatic carbocycles. The first kappa shape index (κ1) is 12.0. The Labute approximate surface area is 103 Å². The van der Waals surface area contributed by atoms with Gasteiger partial charge in [0.05, 0.1) is 6.04 Å². The summed E-state index contributed by atoms with van der Waals surface area (Å²) in [5.41, 5.74) is 3.69. The van der Waals surface area contributed by atoms with Crippen molar-refractivity contribution in [2.75, 3.05) is 5.32 Å². The molecule has 1 aromatic rings. The van der Waals surface area contributed by atoms with Crippen molar-refractivity contribution < 1.29 is 4.79 Å². The Morgan fingerprint density at radius 2 is 2.29 bits per heavy atom. The summed E-state index contributed by atoms with van der Waals surface area (Å²) >= 11 is 0. The summed E-state index contributed by atoms with van der Waals surface area (Å²) in [6.07, 6.45) is 1.97. The number of fused-ring (bicyclic) bond motifs is 1. The SMILES string of the molecule is CCc1ccc2c(c1)[C@@H](NC(C)=O)C[C@@H](C)N2. The van der Waals surface area contributed by atoms with E-state index in [0.717, 1.165) is 18.5 Å². The molecule has 1 aromatic carbocycles. The molecule has 0 spiro atoms.